The van der Waals surface area contributed by atoms with Gasteiger partial charge in [-0.1, -0.05) is 0 Å². The molecule has 0 saturated heterocycles. The summed E-state index contributed by atoms with van der Waals surface area (Å²) in [6.07, 6.45) is 2.11. The summed E-state index contributed by atoms with van der Waals surface area (Å²) in [5, 5.41) is 20.3. The lowest BCUT2D eigenvalue weighted by molar-refractivity contribution is 0.105. The van der Waals surface area contributed by atoms with Crippen LogP contribution in [0.5, 0.6) is 0 Å². The lowest BCUT2D eigenvalue weighted by atomic mass is 10.4. The van der Waals surface area contributed by atoms with Gasteiger partial charge in [-0.2, -0.15) is 0 Å². The lowest BCUT2D eigenvalue weighted by Gasteiger charge is -2.08. The molecule has 1 aromatic rings. The van der Waals surface area contributed by atoms with E-state index in [1.807, 2.05) is 0 Å². The number of nitrogen functional groups attached to an aromatic ring is 1. The van der Waals surface area contributed by atoms with Gasteiger partial charge < -0.3 is 21.3 Å². The standard InChI is InChI=1S/C7H12N4O2/c8-6-2-9-3-7(11-6)10-1-5(13)4-12/h2-3,5,12-13H,1,4H2,(H3,8,10,11). The zero-order valence-corrected chi connectivity index (χ0v) is 7.01. The second-order valence-electron chi connectivity index (χ2n) is 2.55. The molecule has 5 N–H and O–H groups in total. The van der Waals surface area contributed by atoms with Crippen molar-refractivity contribution in [1.82, 2.24) is 9.97 Å². The van der Waals surface area contributed by atoms with Gasteiger partial charge in [0.25, 0.3) is 0 Å². The minimum absolute atomic E-state index is 0.217. The molecule has 0 aliphatic rings. The van der Waals surface area contributed by atoms with Crippen molar-refractivity contribution in [3.63, 3.8) is 0 Å². The van der Waals surface area contributed by atoms with Crippen molar-refractivity contribution in [1.29, 1.82) is 0 Å². The van der Waals surface area contributed by atoms with Gasteiger partial charge >= 0.3 is 0 Å². The minimum Gasteiger partial charge on any atom is -0.394 e. The first kappa shape index (κ1) is 9.69. The Kier molecular flexibility index (Phi) is 3.41. The molecule has 0 bridgehead atoms. The van der Waals surface area contributed by atoms with Crippen LogP contribution in [0.25, 0.3) is 0 Å². The number of hydrogen-bond acceptors (Lipinski definition) is 6. The van der Waals surface area contributed by atoms with Crippen LogP contribution in [0.3, 0.4) is 0 Å². The Bertz CT molecular complexity index is 268. The number of nitrogens with two attached hydrogens (primary N) is 1. The summed E-state index contributed by atoms with van der Waals surface area (Å²) in [6.45, 7) is -0.0720. The Balaban J connectivity index is 2.45. The van der Waals surface area contributed by atoms with Crippen molar-refractivity contribution >= 4 is 11.6 Å². The number of aromatic nitrogens is 2. The zero-order valence-electron chi connectivity index (χ0n) is 7.01. The molecule has 0 saturated carbocycles. The third-order valence-corrected chi connectivity index (χ3v) is 1.38. The summed E-state index contributed by atoms with van der Waals surface area (Å²) in [4.78, 5) is 7.68. The predicted octanol–water partition coefficient (Wildman–Crippen LogP) is -1.18. The highest BCUT2D eigenvalue weighted by atomic mass is 16.3. The van der Waals surface area contributed by atoms with Gasteiger partial charge in [0.2, 0.25) is 0 Å². The van der Waals surface area contributed by atoms with Gasteiger partial charge in [0.15, 0.2) is 0 Å². The highest BCUT2D eigenvalue weighted by Gasteiger charge is 2.01. The van der Waals surface area contributed by atoms with Crippen LogP contribution in [0.2, 0.25) is 0 Å². The maximum Gasteiger partial charge on any atom is 0.147 e. The summed E-state index contributed by atoms with van der Waals surface area (Å²) >= 11 is 0. The Morgan fingerprint density at radius 2 is 2.31 bits per heavy atom. The molecular formula is C7H12N4O2. The highest BCUT2D eigenvalue weighted by molar-refractivity contribution is 5.38. The number of rotatable bonds is 4. The van der Waals surface area contributed by atoms with E-state index >= 15 is 0 Å². The quantitative estimate of drug-likeness (QED) is 0.469. The van der Waals surface area contributed by atoms with E-state index in [-0.39, 0.29) is 13.2 Å². The predicted molar refractivity (Wildman–Crippen MR) is 48.0 cm³/mol. The second-order valence-corrected chi connectivity index (χ2v) is 2.55. The summed E-state index contributed by atoms with van der Waals surface area (Å²) in [7, 11) is 0. The normalized spacial score (nSPS) is 12.5. The molecule has 0 amide bonds. The van der Waals surface area contributed by atoms with Crippen molar-refractivity contribution < 1.29 is 10.2 Å². The summed E-state index contributed by atoms with van der Waals surface area (Å²) in [6, 6.07) is 0. The van der Waals surface area contributed by atoms with Gasteiger partial charge in [-0.05, 0) is 0 Å². The largest absolute Gasteiger partial charge is 0.394 e. The van der Waals surface area contributed by atoms with Crippen molar-refractivity contribution in [3.05, 3.63) is 12.4 Å². The summed E-state index contributed by atoms with van der Waals surface area (Å²) in [5.41, 5.74) is 5.37. The minimum atomic E-state index is -0.803. The molecule has 6 heteroatoms. The van der Waals surface area contributed by atoms with E-state index in [4.69, 9.17) is 15.9 Å². The van der Waals surface area contributed by atoms with Gasteiger partial charge in [-0.25, -0.2) is 4.98 Å². The van der Waals surface area contributed by atoms with E-state index < -0.39 is 6.10 Å². The van der Waals surface area contributed by atoms with E-state index in [1.54, 1.807) is 0 Å². The smallest absolute Gasteiger partial charge is 0.147 e. The third-order valence-electron chi connectivity index (χ3n) is 1.38. The third kappa shape index (κ3) is 3.22. The molecule has 6 nitrogen and oxygen atoms in total. The molecule has 0 aliphatic heterocycles. The first-order chi connectivity index (χ1) is 6.22. The Morgan fingerprint density at radius 3 is 2.92 bits per heavy atom. The molecular weight excluding hydrogens is 172 g/mol. The number of nitrogens with zero attached hydrogens (tertiary/aromatic N) is 2. The molecule has 1 heterocycles. The summed E-state index contributed by atoms with van der Waals surface area (Å²) < 4.78 is 0. The van der Waals surface area contributed by atoms with Crippen molar-refractivity contribution in [2.45, 2.75) is 6.10 Å². The number of nitrogens with one attached hydrogen (secondary N) is 1. The van der Waals surface area contributed by atoms with Crippen LogP contribution >= 0.6 is 0 Å². The average Bonchev–Trinajstić information content (AvgIpc) is 2.14. The fraction of sp³-hybridized carbons (Fsp3) is 0.429. The molecule has 0 fully saturated rings. The second kappa shape index (κ2) is 4.58. The SMILES string of the molecule is Nc1cncc(NCC(O)CO)n1. The summed E-state index contributed by atoms with van der Waals surface area (Å²) in [5.74, 6) is 0.788. The van der Waals surface area contributed by atoms with Gasteiger partial charge in [0, 0.05) is 6.54 Å². The van der Waals surface area contributed by atoms with E-state index in [1.165, 1.54) is 12.4 Å². The van der Waals surface area contributed by atoms with Gasteiger partial charge in [-0.3, -0.25) is 4.98 Å². The fourth-order valence-electron chi connectivity index (χ4n) is 0.753. The van der Waals surface area contributed by atoms with E-state index in [9.17, 15) is 0 Å². The Morgan fingerprint density at radius 1 is 1.54 bits per heavy atom. The molecule has 1 atom stereocenters. The van der Waals surface area contributed by atoms with Crippen molar-refractivity contribution in [2.24, 2.45) is 0 Å². The zero-order chi connectivity index (χ0) is 9.68. The number of aliphatic hydroxyl groups is 2. The topological polar surface area (TPSA) is 104 Å². The lowest BCUT2D eigenvalue weighted by Crippen LogP contribution is -2.23. The molecule has 0 spiro atoms. The van der Waals surface area contributed by atoms with Crippen LogP contribution < -0.4 is 11.1 Å². The maximum atomic E-state index is 9.00. The van der Waals surface area contributed by atoms with Gasteiger partial charge in [0.1, 0.15) is 11.6 Å². The number of aliphatic hydroxyl groups excluding tert-OH is 2. The first-order valence-corrected chi connectivity index (χ1v) is 3.82. The number of anilines is 2. The Labute approximate surface area is 75.4 Å². The maximum absolute atomic E-state index is 9.00. The van der Waals surface area contributed by atoms with Gasteiger partial charge in [-0.15, -0.1) is 0 Å². The molecule has 0 aromatic carbocycles. The van der Waals surface area contributed by atoms with Crippen molar-refractivity contribution in [3.8, 4) is 0 Å². The van der Waals surface area contributed by atoms with E-state index in [2.05, 4.69) is 15.3 Å². The molecule has 0 radical (unpaired) electrons. The average molecular weight is 184 g/mol. The highest BCUT2D eigenvalue weighted by Crippen LogP contribution is 2.02. The molecule has 13 heavy (non-hydrogen) atoms. The van der Waals surface area contributed by atoms with Crippen LogP contribution in [-0.4, -0.2) is 39.4 Å². The van der Waals surface area contributed by atoms with E-state index in [0.717, 1.165) is 0 Å². The Hall–Kier alpha value is -1.40. The van der Waals surface area contributed by atoms with Crippen LogP contribution in [0, 0.1) is 0 Å². The monoisotopic (exact) mass is 184 g/mol. The molecule has 1 rings (SSSR count). The van der Waals surface area contributed by atoms with Crippen LogP contribution in [0.15, 0.2) is 12.4 Å². The molecule has 72 valence electrons. The van der Waals surface area contributed by atoms with E-state index in [0.29, 0.717) is 11.6 Å². The molecule has 0 aliphatic carbocycles. The van der Waals surface area contributed by atoms with Gasteiger partial charge in [0.05, 0.1) is 25.1 Å². The molecule has 1 unspecified atom stereocenters. The van der Waals surface area contributed by atoms with Crippen LogP contribution in [-0.2, 0) is 0 Å². The first-order valence-electron chi connectivity index (χ1n) is 3.82. The van der Waals surface area contributed by atoms with Crippen molar-refractivity contribution in [2.75, 3.05) is 24.2 Å². The number of hydrogen-bond donors (Lipinski definition) is 4. The van der Waals surface area contributed by atoms with Crippen LogP contribution in [0.4, 0.5) is 11.6 Å². The fourth-order valence-corrected chi connectivity index (χ4v) is 0.753. The van der Waals surface area contributed by atoms with Crippen LogP contribution in [0.1, 0.15) is 0 Å². The molecule has 1 aromatic heterocycles.